The zero-order valence-corrected chi connectivity index (χ0v) is 15.2. The monoisotopic (exact) mass is 341 g/mol. The minimum absolute atomic E-state index is 0.324. The molecule has 130 valence electrons. The SMILES string of the molecule is CN=C(NCC1CCN(S(C)(=O)=O)C1)N(C)Cc1cccn1C. The molecular weight excluding hydrogens is 314 g/mol. The summed E-state index contributed by atoms with van der Waals surface area (Å²) in [5.41, 5.74) is 1.21. The third-order valence-corrected chi connectivity index (χ3v) is 5.56. The van der Waals surface area contributed by atoms with Crippen LogP contribution >= 0.6 is 0 Å². The van der Waals surface area contributed by atoms with Crippen molar-refractivity contribution in [2.45, 2.75) is 13.0 Å². The summed E-state index contributed by atoms with van der Waals surface area (Å²) in [6, 6.07) is 4.11. The Bertz CT molecular complexity index is 653. The largest absolute Gasteiger partial charge is 0.356 e. The van der Waals surface area contributed by atoms with Gasteiger partial charge in [-0.15, -0.1) is 0 Å². The molecule has 1 aliphatic heterocycles. The third kappa shape index (κ3) is 4.71. The van der Waals surface area contributed by atoms with Gasteiger partial charge >= 0.3 is 0 Å². The van der Waals surface area contributed by atoms with E-state index < -0.39 is 10.0 Å². The van der Waals surface area contributed by atoms with E-state index in [0.29, 0.717) is 19.0 Å². The van der Waals surface area contributed by atoms with Crippen LogP contribution in [0.2, 0.25) is 0 Å². The van der Waals surface area contributed by atoms with E-state index in [-0.39, 0.29) is 0 Å². The van der Waals surface area contributed by atoms with Crippen LogP contribution in [0.15, 0.2) is 23.3 Å². The molecule has 0 bridgehead atoms. The molecule has 0 aliphatic carbocycles. The molecule has 0 radical (unpaired) electrons. The van der Waals surface area contributed by atoms with E-state index in [1.807, 2.05) is 26.4 Å². The van der Waals surface area contributed by atoms with Gasteiger partial charge in [-0.1, -0.05) is 0 Å². The quantitative estimate of drug-likeness (QED) is 0.618. The van der Waals surface area contributed by atoms with Crippen LogP contribution in [0.1, 0.15) is 12.1 Å². The van der Waals surface area contributed by atoms with Crippen LogP contribution in [0.3, 0.4) is 0 Å². The predicted molar refractivity (Wildman–Crippen MR) is 92.8 cm³/mol. The lowest BCUT2D eigenvalue weighted by Gasteiger charge is -2.23. The van der Waals surface area contributed by atoms with Gasteiger partial charge in [0, 0.05) is 52.7 Å². The van der Waals surface area contributed by atoms with Gasteiger partial charge in [0.2, 0.25) is 10.0 Å². The molecule has 8 heteroatoms. The first-order valence-electron chi connectivity index (χ1n) is 7.78. The highest BCUT2D eigenvalue weighted by atomic mass is 32.2. The summed E-state index contributed by atoms with van der Waals surface area (Å²) >= 11 is 0. The lowest BCUT2D eigenvalue weighted by molar-refractivity contribution is 0.437. The summed E-state index contributed by atoms with van der Waals surface area (Å²) in [6.07, 6.45) is 4.19. The number of hydrogen-bond donors (Lipinski definition) is 1. The van der Waals surface area contributed by atoms with Crippen LogP contribution in [0.5, 0.6) is 0 Å². The summed E-state index contributed by atoms with van der Waals surface area (Å²) in [5.74, 6) is 1.15. The van der Waals surface area contributed by atoms with Crippen molar-refractivity contribution in [2.75, 3.05) is 40.0 Å². The van der Waals surface area contributed by atoms with Crippen LogP contribution in [-0.2, 0) is 23.6 Å². The summed E-state index contributed by atoms with van der Waals surface area (Å²) in [5, 5.41) is 3.36. The Balaban J connectivity index is 1.85. The molecule has 0 spiro atoms. The van der Waals surface area contributed by atoms with Crippen LogP contribution in [0, 0.1) is 5.92 Å². The van der Waals surface area contributed by atoms with Gasteiger partial charge in [0.15, 0.2) is 5.96 Å². The van der Waals surface area contributed by atoms with Crippen molar-refractivity contribution >= 4 is 16.0 Å². The van der Waals surface area contributed by atoms with E-state index in [1.54, 1.807) is 11.4 Å². The van der Waals surface area contributed by atoms with E-state index in [9.17, 15) is 8.42 Å². The van der Waals surface area contributed by atoms with E-state index in [2.05, 4.69) is 25.8 Å². The van der Waals surface area contributed by atoms with Crippen molar-refractivity contribution in [3.05, 3.63) is 24.0 Å². The second-order valence-electron chi connectivity index (χ2n) is 6.17. The average Bonchev–Trinajstić information content (AvgIpc) is 3.09. The maximum atomic E-state index is 11.6. The van der Waals surface area contributed by atoms with Crippen molar-refractivity contribution in [1.29, 1.82) is 0 Å². The van der Waals surface area contributed by atoms with Crippen molar-refractivity contribution in [3.8, 4) is 0 Å². The number of hydrogen-bond acceptors (Lipinski definition) is 3. The smallest absolute Gasteiger partial charge is 0.211 e. The van der Waals surface area contributed by atoms with Gasteiger partial charge in [-0.25, -0.2) is 12.7 Å². The zero-order valence-electron chi connectivity index (χ0n) is 14.4. The Morgan fingerprint density at radius 1 is 1.52 bits per heavy atom. The lowest BCUT2D eigenvalue weighted by atomic mass is 10.1. The van der Waals surface area contributed by atoms with Gasteiger partial charge in [-0.3, -0.25) is 4.99 Å². The first kappa shape index (κ1) is 17.8. The van der Waals surface area contributed by atoms with Gasteiger partial charge in [0.05, 0.1) is 12.8 Å². The number of nitrogens with one attached hydrogen (secondary N) is 1. The molecule has 7 nitrogen and oxygen atoms in total. The molecule has 1 aromatic heterocycles. The third-order valence-electron chi connectivity index (χ3n) is 4.29. The summed E-state index contributed by atoms with van der Waals surface area (Å²) < 4.78 is 26.8. The fourth-order valence-corrected chi connectivity index (χ4v) is 3.78. The van der Waals surface area contributed by atoms with Crippen molar-refractivity contribution in [2.24, 2.45) is 18.0 Å². The predicted octanol–water partition coefficient (Wildman–Crippen LogP) is 0.314. The van der Waals surface area contributed by atoms with Gasteiger partial charge in [0.1, 0.15) is 0 Å². The molecule has 1 aromatic rings. The van der Waals surface area contributed by atoms with E-state index in [1.165, 1.54) is 11.9 Å². The van der Waals surface area contributed by atoms with Crippen LogP contribution < -0.4 is 5.32 Å². The molecule has 1 aliphatic rings. The fourth-order valence-electron chi connectivity index (χ4n) is 2.86. The highest BCUT2D eigenvalue weighted by Crippen LogP contribution is 2.18. The van der Waals surface area contributed by atoms with Crippen molar-refractivity contribution < 1.29 is 8.42 Å². The molecule has 1 fully saturated rings. The van der Waals surface area contributed by atoms with Crippen molar-refractivity contribution in [3.63, 3.8) is 0 Å². The highest BCUT2D eigenvalue weighted by molar-refractivity contribution is 7.88. The van der Waals surface area contributed by atoms with Crippen LogP contribution in [-0.4, -0.2) is 68.1 Å². The summed E-state index contributed by atoms with van der Waals surface area (Å²) in [6.45, 7) is 2.70. The molecule has 0 aromatic carbocycles. The minimum Gasteiger partial charge on any atom is -0.356 e. The molecule has 23 heavy (non-hydrogen) atoms. The van der Waals surface area contributed by atoms with Gasteiger partial charge < -0.3 is 14.8 Å². The first-order valence-corrected chi connectivity index (χ1v) is 9.63. The second kappa shape index (κ2) is 7.35. The average molecular weight is 341 g/mol. The molecule has 0 amide bonds. The van der Waals surface area contributed by atoms with Crippen molar-refractivity contribution in [1.82, 2.24) is 19.1 Å². The zero-order chi connectivity index (χ0) is 17.0. The molecular formula is C15H27N5O2S. The Hall–Kier alpha value is -1.54. The van der Waals surface area contributed by atoms with E-state index in [4.69, 9.17) is 0 Å². The van der Waals surface area contributed by atoms with Crippen LogP contribution in [0.4, 0.5) is 0 Å². The molecule has 2 rings (SSSR count). The Morgan fingerprint density at radius 2 is 2.26 bits per heavy atom. The molecule has 0 saturated carbocycles. The minimum atomic E-state index is -3.07. The molecule has 2 heterocycles. The Morgan fingerprint density at radius 3 is 2.78 bits per heavy atom. The first-order chi connectivity index (χ1) is 10.8. The number of sulfonamides is 1. The van der Waals surface area contributed by atoms with E-state index >= 15 is 0 Å². The van der Waals surface area contributed by atoms with Crippen LogP contribution in [0.25, 0.3) is 0 Å². The Labute approximate surface area is 139 Å². The van der Waals surface area contributed by atoms with Gasteiger partial charge in [-0.2, -0.15) is 0 Å². The number of aryl methyl sites for hydroxylation is 1. The number of guanidine groups is 1. The summed E-state index contributed by atoms with van der Waals surface area (Å²) in [7, 11) is 2.72. The maximum absolute atomic E-state index is 11.6. The van der Waals surface area contributed by atoms with E-state index in [0.717, 1.165) is 25.5 Å². The molecule has 1 unspecified atom stereocenters. The molecule has 1 saturated heterocycles. The summed E-state index contributed by atoms with van der Waals surface area (Å²) in [4.78, 5) is 6.39. The number of aromatic nitrogens is 1. The number of aliphatic imine (C=N–C) groups is 1. The fraction of sp³-hybridized carbons (Fsp3) is 0.667. The lowest BCUT2D eigenvalue weighted by Crippen LogP contribution is -2.41. The number of rotatable bonds is 5. The number of nitrogens with zero attached hydrogens (tertiary/aromatic N) is 4. The molecule has 1 N–H and O–H groups in total. The maximum Gasteiger partial charge on any atom is 0.211 e. The topological polar surface area (TPSA) is 69.9 Å². The molecule has 1 atom stereocenters. The standard InChI is InChI=1S/C15H27N5O2S/c1-16-15(19(3)12-14-6-5-8-18(14)2)17-10-13-7-9-20(11-13)23(4,21)22/h5-6,8,13H,7,9-12H2,1-4H3,(H,16,17). The second-order valence-corrected chi connectivity index (χ2v) is 8.15. The Kier molecular flexibility index (Phi) is 5.69. The van der Waals surface area contributed by atoms with Gasteiger partial charge in [0.25, 0.3) is 0 Å². The van der Waals surface area contributed by atoms with Gasteiger partial charge in [-0.05, 0) is 24.5 Å². The normalized spacial score (nSPS) is 20.0. The highest BCUT2D eigenvalue weighted by Gasteiger charge is 2.28.